The van der Waals surface area contributed by atoms with Crippen LogP contribution < -0.4 is 15.8 Å². The van der Waals surface area contributed by atoms with E-state index < -0.39 is 0 Å². The summed E-state index contributed by atoms with van der Waals surface area (Å²) in [5.74, 6) is -0.125. The van der Waals surface area contributed by atoms with Crippen LogP contribution in [0.4, 0.5) is 5.69 Å². The molecule has 35 heavy (non-hydrogen) atoms. The molecule has 2 N–H and O–H groups in total. The van der Waals surface area contributed by atoms with Gasteiger partial charge in [-0.2, -0.15) is 0 Å². The van der Waals surface area contributed by atoms with E-state index in [1.165, 1.54) is 0 Å². The molecule has 1 fully saturated rings. The van der Waals surface area contributed by atoms with Crippen LogP contribution >= 0.6 is 0 Å². The molecule has 0 aliphatic carbocycles. The van der Waals surface area contributed by atoms with Crippen molar-refractivity contribution in [2.24, 2.45) is 0 Å². The Morgan fingerprint density at radius 2 is 1.86 bits per heavy atom. The standard InChI is InChI=1S/C28H39N5O2/c1-5-33(22-14-16-32(17-15-22)31(3)4)26-13-9-12-24-23(26)11-8-6-7-10-21-18-20(2)30-28(35)25(21)19-29-27(24)34/h6,8-9,12-13,18,22H,5,7,10-11,14-17,19H2,1-4H3,(H,29,34)(H,30,35). The summed E-state index contributed by atoms with van der Waals surface area (Å²) in [4.78, 5) is 31.4. The molecule has 0 bridgehead atoms. The van der Waals surface area contributed by atoms with Crippen molar-refractivity contribution >= 4 is 11.6 Å². The van der Waals surface area contributed by atoms with Crippen LogP contribution in [0.15, 0.2) is 41.2 Å². The Morgan fingerprint density at radius 3 is 2.57 bits per heavy atom. The van der Waals surface area contributed by atoms with Crippen molar-refractivity contribution in [2.45, 2.75) is 58.5 Å². The lowest BCUT2D eigenvalue weighted by Gasteiger charge is -2.42. The zero-order valence-corrected chi connectivity index (χ0v) is 21.6. The Bertz CT molecular complexity index is 1130. The number of piperidine rings is 1. The van der Waals surface area contributed by atoms with Gasteiger partial charge in [0.1, 0.15) is 0 Å². The number of allylic oxidation sites excluding steroid dienone is 2. The average Bonchev–Trinajstić information content (AvgIpc) is 2.83. The first kappa shape index (κ1) is 25.2. The molecule has 7 nitrogen and oxygen atoms in total. The van der Waals surface area contributed by atoms with Crippen molar-refractivity contribution in [1.29, 1.82) is 0 Å². The molecule has 1 aromatic heterocycles. The van der Waals surface area contributed by atoms with Gasteiger partial charge in [0.05, 0.1) is 0 Å². The molecule has 2 aliphatic heterocycles. The van der Waals surface area contributed by atoms with Gasteiger partial charge in [-0.3, -0.25) is 9.59 Å². The number of amides is 1. The van der Waals surface area contributed by atoms with Crippen molar-refractivity contribution in [2.75, 3.05) is 38.6 Å². The summed E-state index contributed by atoms with van der Waals surface area (Å²) in [6.45, 7) is 7.31. The highest BCUT2D eigenvalue weighted by Crippen LogP contribution is 2.30. The van der Waals surface area contributed by atoms with E-state index >= 15 is 0 Å². The third kappa shape index (κ3) is 5.68. The number of H-pyrrole nitrogens is 1. The molecule has 4 rings (SSSR count). The van der Waals surface area contributed by atoms with E-state index in [9.17, 15) is 9.59 Å². The lowest BCUT2D eigenvalue weighted by molar-refractivity contribution is 0.00235. The SMILES string of the molecule is CCN(c1cccc2c1CC=CCCc1cc(C)[nH]c(=O)c1CNC2=O)C1CCN(N(C)C)CC1. The van der Waals surface area contributed by atoms with E-state index in [0.717, 1.165) is 67.8 Å². The third-order valence-electron chi connectivity index (χ3n) is 7.35. The van der Waals surface area contributed by atoms with Crippen LogP contribution in [0.2, 0.25) is 0 Å². The molecule has 0 saturated carbocycles. The predicted octanol–water partition coefficient (Wildman–Crippen LogP) is 3.43. The van der Waals surface area contributed by atoms with Gasteiger partial charge in [0.2, 0.25) is 0 Å². The molecule has 1 amide bonds. The van der Waals surface area contributed by atoms with Gasteiger partial charge in [-0.25, -0.2) is 10.0 Å². The van der Waals surface area contributed by atoms with Gasteiger partial charge < -0.3 is 15.2 Å². The van der Waals surface area contributed by atoms with Crippen LogP contribution in [0.25, 0.3) is 0 Å². The van der Waals surface area contributed by atoms with Crippen LogP contribution in [0, 0.1) is 6.92 Å². The van der Waals surface area contributed by atoms with Crippen molar-refractivity contribution in [1.82, 2.24) is 20.3 Å². The number of hydrazine groups is 1. The maximum atomic E-state index is 13.4. The zero-order valence-electron chi connectivity index (χ0n) is 21.6. The number of aromatic amines is 1. The van der Waals surface area contributed by atoms with Crippen molar-refractivity contribution in [3.05, 3.63) is 74.7 Å². The van der Waals surface area contributed by atoms with Crippen molar-refractivity contribution < 1.29 is 4.79 Å². The maximum Gasteiger partial charge on any atom is 0.253 e. The van der Waals surface area contributed by atoms with Crippen LogP contribution in [0.3, 0.4) is 0 Å². The lowest BCUT2D eigenvalue weighted by atomic mass is 9.96. The molecular weight excluding hydrogens is 438 g/mol. The Labute approximate surface area is 208 Å². The topological polar surface area (TPSA) is 71.7 Å². The molecule has 188 valence electrons. The molecule has 1 saturated heterocycles. The summed E-state index contributed by atoms with van der Waals surface area (Å²) in [7, 11) is 4.21. The fourth-order valence-electron chi connectivity index (χ4n) is 5.48. The summed E-state index contributed by atoms with van der Waals surface area (Å²) in [5.41, 5.74) is 5.31. The monoisotopic (exact) mass is 477 g/mol. The molecule has 7 heteroatoms. The number of aryl methyl sites for hydroxylation is 2. The first-order valence-electron chi connectivity index (χ1n) is 12.8. The van der Waals surface area contributed by atoms with Crippen molar-refractivity contribution in [3.63, 3.8) is 0 Å². The van der Waals surface area contributed by atoms with Crippen LogP contribution in [-0.2, 0) is 19.4 Å². The first-order valence-corrected chi connectivity index (χ1v) is 12.8. The largest absolute Gasteiger partial charge is 0.368 e. The second-order valence-corrected chi connectivity index (χ2v) is 9.80. The number of aromatic nitrogens is 1. The highest BCUT2D eigenvalue weighted by molar-refractivity contribution is 5.97. The van der Waals surface area contributed by atoms with E-state index in [1.807, 2.05) is 25.1 Å². The number of pyridine rings is 1. The number of nitrogens with one attached hydrogen (secondary N) is 2. The highest BCUT2D eigenvalue weighted by atomic mass is 16.1. The molecular formula is C28H39N5O2. The van der Waals surface area contributed by atoms with Gasteiger partial charge in [-0.05, 0) is 75.3 Å². The highest BCUT2D eigenvalue weighted by Gasteiger charge is 2.27. The molecule has 0 unspecified atom stereocenters. The Balaban J connectivity index is 1.64. The minimum absolute atomic E-state index is 0.114. The number of carbonyl (C=O) groups excluding carboxylic acids is 1. The fourth-order valence-corrected chi connectivity index (χ4v) is 5.48. The zero-order chi connectivity index (χ0) is 24.9. The predicted molar refractivity (Wildman–Crippen MR) is 142 cm³/mol. The van der Waals surface area contributed by atoms with Crippen LogP contribution in [-0.4, -0.2) is 60.7 Å². The number of hydrogen-bond donors (Lipinski definition) is 2. The minimum Gasteiger partial charge on any atom is -0.368 e. The van der Waals surface area contributed by atoms with Crippen LogP contribution in [0.1, 0.15) is 58.9 Å². The van der Waals surface area contributed by atoms with E-state index in [1.54, 1.807) is 0 Å². The fraction of sp³-hybridized carbons (Fsp3) is 0.500. The molecule has 0 atom stereocenters. The second kappa shape index (κ2) is 11.2. The smallest absolute Gasteiger partial charge is 0.253 e. The van der Waals surface area contributed by atoms with E-state index in [2.05, 4.69) is 64.5 Å². The summed E-state index contributed by atoms with van der Waals surface area (Å²) < 4.78 is 0. The lowest BCUT2D eigenvalue weighted by Crippen LogP contribution is -2.49. The van der Waals surface area contributed by atoms with Crippen LogP contribution in [0.5, 0.6) is 0 Å². The van der Waals surface area contributed by atoms with Gasteiger partial charge in [-0.15, -0.1) is 0 Å². The Morgan fingerprint density at radius 1 is 1.09 bits per heavy atom. The van der Waals surface area contributed by atoms with E-state index in [0.29, 0.717) is 23.6 Å². The molecule has 2 aliphatic rings. The Hall–Kier alpha value is -2.90. The molecule has 2 aromatic rings. The number of fused-ring (bicyclic) bond motifs is 2. The number of nitrogens with zero attached hydrogens (tertiary/aromatic N) is 3. The van der Waals surface area contributed by atoms with E-state index in [4.69, 9.17) is 0 Å². The third-order valence-corrected chi connectivity index (χ3v) is 7.35. The van der Waals surface area contributed by atoms with Gasteiger partial charge in [0.25, 0.3) is 11.5 Å². The molecule has 0 spiro atoms. The molecule has 0 radical (unpaired) electrons. The minimum atomic E-state index is -0.125. The van der Waals surface area contributed by atoms with Gasteiger partial charge in [0.15, 0.2) is 0 Å². The summed E-state index contributed by atoms with van der Waals surface area (Å²) >= 11 is 0. The number of anilines is 1. The second-order valence-electron chi connectivity index (χ2n) is 9.80. The summed E-state index contributed by atoms with van der Waals surface area (Å²) in [6.07, 6.45) is 8.92. The molecule has 1 aromatic carbocycles. The number of rotatable bonds is 4. The number of hydrogen-bond acceptors (Lipinski definition) is 5. The summed E-state index contributed by atoms with van der Waals surface area (Å²) in [5, 5.41) is 7.61. The van der Waals surface area contributed by atoms with Crippen molar-refractivity contribution in [3.8, 4) is 0 Å². The number of benzene rings is 1. The quantitative estimate of drug-likeness (QED) is 0.661. The summed E-state index contributed by atoms with van der Waals surface area (Å²) in [6, 6.07) is 8.54. The van der Waals surface area contributed by atoms with Gasteiger partial charge in [-0.1, -0.05) is 18.2 Å². The first-order chi connectivity index (χ1) is 16.9. The maximum absolute atomic E-state index is 13.4. The molecule has 3 heterocycles. The Kier molecular flexibility index (Phi) is 8.08. The van der Waals surface area contributed by atoms with E-state index in [-0.39, 0.29) is 18.0 Å². The number of carbonyl (C=O) groups is 1. The average molecular weight is 478 g/mol. The van der Waals surface area contributed by atoms with Gasteiger partial charge in [0, 0.05) is 68.8 Å². The van der Waals surface area contributed by atoms with Gasteiger partial charge >= 0.3 is 0 Å². The normalized spacial score (nSPS) is 17.8.